The maximum Gasteiger partial charge on any atom is 0.109 e. The standard InChI is InChI=1S/C23H25N5O/c1-17-3-5-19(6-4-17)20-7-8-21-23(24-25-28(21)14-20)22-15-27(11-10-26(22)2)13-18-9-12-29-16-18/h3-9,12,14,16,22H,10-11,13,15H2,1-2H3/t22-/m0/s1. The Kier molecular flexibility index (Phi) is 4.66. The van der Waals surface area contributed by atoms with Crippen LogP contribution in [0.2, 0.25) is 0 Å². The lowest BCUT2D eigenvalue weighted by Gasteiger charge is -2.38. The van der Waals surface area contributed by atoms with Crippen molar-refractivity contribution < 1.29 is 4.42 Å². The quantitative estimate of drug-likeness (QED) is 0.533. The molecule has 148 valence electrons. The summed E-state index contributed by atoms with van der Waals surface area (Å²) in [4.78, 5) is 4.84. The van der Waals surface area contributed by atoms with Gasteiger partial charge in [0.15, 0.2) is 0 Å². The predicted octanol–water partition coefficient (Wildman–Crippen LogP) is 3.79. The maximum atomic E-state index is 5.23. The van der Waals surface area contributed by atoms with Crippen LogP contribution in [0.15, 0.2) is 65.6 Å². The molecule has 4 heterocycles. The molecule has 3 aromatic heterocycles. The number of aromatic nitrogens is 3. The number of furan rings is 1. The molecule has 0 aliphatic carbocycles. The van der Waals surface area contributed by atoms with Crippen molar-refractivity contribution >= 4 is 5.52 Å². The topological polar surface area (TPSA) is 49.8 Å². The van der Waals surface area contributed by atoms with E-state index in [-0.39, 0.29) is 6.04 Å². The maximum absolute atomic E-state index is 5.23. The molecule has 0 radical (unpaired) electrons. The van der Waals surface area contributed by atoms with Gasteiger partial charge in [-0.2, -0.15) is 0 Å². The van der Waals surface area contributed by atoms with Crippen LogP contribution in [0.5, 0.6) is 0 Å². The van der Waals surface area contributed by atoms with Crippen LogP contribution in [0.4, 0.5) is 0 Å². The predicted molar refractivity (Wildman–Crippen MR) is 113 cm³/mol. The molecule has 5 rings (SSSR count). The van der Waals surface area contributed by atoms with Crippen molar-refractivity contribution in [1.82, 2.24) is 24.6 Å². The number of aryl methyl sites for hydroxylation is 1. The second-order valence-electron chi connectivity index (χ2n) is 7.95. The number of pyridine rings is 1. The number of hydrogen-bond donors (Lipinski definition) is 0. The Morgan fingerprint density at radius 2 is 1.86 bits per heavy atom. The molecule has 29 heavy (non-hydrogen) atoms. The third-order valence-electron chi connectivity index (χ3n) is 5.86. The molecule has 0 bridgehead atoms. The summed E-state index contributed by atoms with van der Waals surface area (Å²) in [5, 5.41) is 9.02. The van der Waals surface area contributed by atoms with Gasteiger partial charge in [-0.15, -0.1) is 5.10 Å². The van der Waals surface area contributed by atoms with Gasteiger partial charge in [-0.05, 0) is 31.7 Å². The molecule has 1 aromatic carbocycles. The summed E-state index contributed by atoms with van der Waals surface area (Å²) in [6.45, 7) is 5.97. The number of piperazine rings is 1. The van der Waals surface area contributed by atoms with E-state index in [1.807, 2.05) is 16.8 Å². The molecule has 1 fully saturated rings. The molecular formula is C23H25N5O. The van der Waals surface area contributed by atoms with E-state index < -0.39 is 0 Å². The first-order valence-electron chi connectivity index (χ1n) is 10.0. The van der Waals surface area contributed by atoms with Gasteiger partial charge in [0.2, 0.25) is 0 Å². The highest BCUT2D eigenvalue weighted by atomic mass is 16.3. The fourth-order valence-electron chi connectivity index (χ4n) is 4.08. The SMILES string of the molecule is Cc1ccc(-c2ccc3c([C@@H]4CN(Cc5ccoc5)CCN4C)nnn3c2)cc1. The molecule has 1 aliphatic rings. The van der Waals surface area contributed by atoms with Gasteiger partial charge in [0.25, 0.3) is 0 Å². The lowest BCUT2D eigenvalue weighted by atomic mass is 10.0. The second-order valence-corrected chi connectivity index (χ2v) is 7.95. The molecule has 0 N–H and O–H groups in total. The highest BCUT2D eigenvalue weighted by Gasteiger charge is 2.29. The second kappa shape index (κ2) is 7.46. The third kappa shape index (κ3) is 3.57. The minimum atomic E-state index is 0.221. The van der Waals surface area contributed by atoms with Crippen molar-refractivity contribution in [2.24, 2.45) is 0 Å². The van der Waals surface area contributed by atoms with Gasteiger partial charge in [0, 0.05) is 43.5 Å². The third-order valence-corrected chi connectivity index (χ3v) is 5.86. The summed E-state index contributed by atoms with van der Waals surface area (Å²) in [5.41, 5.74) is 6.92. The van der Waals surface area contributed by atoms with E-state index in [0.717, 1.165) is 43.0 Å². The Morgan fingerprint density at radius 3 is 2.66 bits per heavy atom. The number of nitrogens with zero attached hydrogens (tertiary/aromatic N) is 5. The molecule has 4 aromatic rings. The number of fused-ring (bicyclic) bond motifs is 1. The van der Waals surface area contributed by atoms with Gasteiger partial charge in [0.05, 0.1) is 24.1 Å². The van der Waals surface area contributed by atoms with Crippen molar-refractivity contribution in [2.45, 2.75) is 19.5 Å². The highest BCUT2D eigenvalue weighted by molar-refractivity contribution is 5.66. The van der Waals surface area contributed by atoms with E-state index in [4.69, 9.17) is 4.42 Å². The van der Waals surface area contributed by atoms with E-state index in [1.54, 1.807) is 6.26 Å². The van der Waals surface area contributed by atoms with E-state index in [9.17, 15) is 0 Å². The molecular weight excluding hydrogens is 362 g/mol. The smallest absolute Gasteiger partial charge is 0.109 e. The van der Waals surface area contributed by atoms with Gasteiger partial charge < -0.3 is 4.42 Å². The van der Waals surface area contributed by atoms with Crippen LogP contribution in [-0.2, 0) is 6.54 Å². The first-order valence-corrected chi connectivity index (χ1v) is 10.0. The van der Waals surface area contributed by atoms with Crippen molar-refractivity contribution in [2.75, 3.05) is 26.7 Å². The highest BCUT2D eigenvalue weighted by Crippen LogP contribution is 2.28. The minimum Gasteiger partial charge on any atom is -0.472 e. The molecule has 6 heteroatoms. The van der Waals surface area contributed by atoms with E-state index in [2.05, 4.69) is 76.7 Å². The van der Waals surface area contributed by atoms with Crippen LogP contribution < -0.4 is 0 Å². The Bertz CT molecular complexity index is 1100. The Hall–Kier alpha value is -2.96. The van der Waals surface area contributed by atoms with Crippen LogP contribution >= 0.6 is 0 Å². The summed E-state index contributed by atoms with van der Waals surface area (Å²) in [6, 6.07) is 15.1. The molecule has 1 atom stereocenters. The first-order chi connectivity index (χ1) is 14.2. The normalized spacial score (nSPS) is 18.5. The zero-order valence-electron chi connectivity index (χ0n) is 16.8. The van der Waals surface area contributed by atoms with Gasteiger partial charge in [-0.25, -0.2) is 4.52 Å². The van der Waals surface area contributed by atoms with Crippen molar-refractivity contribution in [3.8, 4) is 11.1 Å². The summed E-state index contributed by atoms with van der Waals surface area (Å²) in [6.07, 6.45) is 5.64. The zero-order valence-corrected chi connectivity index (χ0v) is 16.8. The molecule has 1 saturated heterocycles. The molecule has 6 nitrogen and oxygen atoms in total. The Labute approximate surface area is 170 Å². The zero-order chi connectivity index (χ0) is 19.8. The van der Waals surface area contributed by atoms with Gasteiger partial charge in [-0.3, -0.25) is 9.80 Å². The average Bonchev–Trinajstić information content (AvgIpc) is 3.39. The molecule has 0 spiro atoms. The van der Waals surface area contributed by atoms with E-state index >= 15 is 0 Å². The largest absolute Gasteiger partial charge is 0.472 e. The molecule has 0 saturated carbocycles. The van der Waals surface area contributed by atoms with E-state index in [0.29, 0.717) is 0 Å². The summed E-state index contributed by atoms with van der Waals surface area (Å²) < 4.78 is 7.14. The molecule has 0 unspecified atom stereocenters. The fourth-order valence-corrected chi connectivity index (χ4v) is 4.08. The average molecular weight is 387 g/mol. The number of benzene rings is 1. The molecule has 1 aliphatic heterocycles. The lowest BCUT2D eigenvalue weighted by molar-refractivity contribution is 0.0888. The summed E-state index contributed by atoms with van der Waals surface area (Å²) in [5.74, 6) is 0. The molecule has 0 amide bonds. The Morgan fingerprint density at radius 1 is 1.03 bits per heavy atom. The van der Waals surface area contributed by atoms with Crippen LogP contribution in [0.3, 0.4) is 0 Å². The van der Waals surface area contributed by atoms with Gasteiger partial charge >= 0.3 is 0 Å². The lowest BCUT2D eigenvalue weighted by Crippen LogP contribution is -2.46. The van der Waals surface area contributed by atoms with E-state index in [1.165, 1.54) is 16.7 Å². The fraction of sp³-hybridized carbons (Fsp3) is 0.304. The Balaban J connectivity index is 1.42. The van der Waals surface area contributed by atoms with Gasteiger partial charge in [-0.1, -0.05) is 41.1 Å². The minimum absolute atomic E-state index is 0.221. The van der Waals surface area contributed by atoms with Crippen LogP contribution in [-0.4, -0.2) is 51.3 Å². The summed E-state index contributed by atoms with van der Waals surface area (Å²) in [7, 11) is 2.17. The van der Waals surface area contributed by atoms with Crippen LogP contribution in [0.25, 0.3) is 16.6 Å². The van der Waals surface area contributed by atoms with Crippen molar-refractivity contribution in [3.63, 3.8) is 0 Å². The van der Waals surface area contributed by atoms with Crippen LogP contribution in [0, 0.1) is 6.92 Å². The van der Waals surface area contributed by atoms with Gasteiger partial charge in [0.1, 0.15) is 5.69 Å². The van der Waals surface area contributed by atoms with Crippen molar-refractivity contribution in [3.05, 3.63) is 78.0 Å². The number of rotatable bonds is 4. The number of hydrogen-bond acceptors (Lipinski definition) is 5. The number of likely N-dealkylation sites (N-methyl/N-ethyl adjacent to an activating group) is 1. The van der Waals surface area contributed by atoms with Crippen LogP contribution in [0.1, 0.15) is 22.9 Å². The monoisotopic (exact) mass is 387 g/mol. The summed E-state index contributed by atoms with van der Waals surface area (Å²) >= 11 is 0. The first kappa shape index (κ1) is 18.1. The van der Waals surface area contributed by atoms with Crippen molar-refractivity contribution in [1.29, 1.82) is 0 Å².